The van der Waals surface area contributed by atoms with E-state index < -0.39 is 0 Å². The van der Waals surface area contributed by atoms with Gasteiger partial charge in [0.05, 0.1) is 41.1 Å². The molecule has 8 bridgehead atoms. The van der Waals surface area contributed by atoms with Crippen LogP contribution in [0.5, 0.6) is 0 Å². The molecule has 4 nitrogen and oxygen atoms in total. The second kappa shape index (κ2) is 19.5. The zero-order chi connectivity index (χ0) is 45.0. The molecule has 0 atom stereocenters. The third-order valence-electron chi connectivity index (χ3n) is 13.1. The van der Waals surface area contributed by atoms with Crippen molar-refractivity contribution in [3.63, 3.8) is 0 Å². The molecule has 3 aromatic heterocycles. The SMILES string of the molecule is C1=Cc2nc1c(-c1ccc(C3SCCS3)cc1)c1ccc([nH]1)c(-c1ccc(C3SCCS3)cc1)c1nc(c(-c3ccc(C4SCCS4)cc3)c3ccc([nH]3)c2-c2ccc(C3SCCS3)cc2)C=C1. The number of aromatic nitrogens is 4. The van der Waals surface area contributed by atoms with Crippen molar-refractivity contribution in [1.82, 2.24) is 19.9 Å². The van der Waals surface area contributed by atoms with E-state index in [0.29, 0.717) is 18.3 Å². The van der Waals surface area contributed by atoms with Gasteiger partial charge in [0.1, 0.15) is 0 Å². The first-order chi connectivity index (χ1) is 33.7. The van der Waals surface area contributed by atoms with Gasteiger partial charge >= 0.3 is 0 Å². The van der Waals surface area contributed by atoms with E-state index in [1.807, 2.05) is 94.1 Å². The Balaban J connectivity index is 1.07. The first-order valence-electron chi connectivity index (χ1n) is 23.2. The van der Waals surface area contributed by atoms with E-state index in [2.05, 4.69) is 156 Å². The Hall–Kier alpha value is -3.72. The number of rotatable bonds is 8. The van der Waals surface area contributed by atoms with Gasteiger partial charge in [0.15, 0.2) is 0 Å². The summed E-state index contributed by atoms with van der Waals surface area (Å²) in [5, 5.41) is 0. The second-order valence-corrected chi connectivity index (χ2v) is 28.2. The molecular weight excluding hydrogens is 985 g/mol. The molecule has 0 amide bonds. The normalized spacial score (nSPS) is 17.9. The van der Waals surface area contributed by atoms with E-state index in [0.717, 1.165) is 89.4 Å². The van der Waals surface area contributed by atoms with Crippen LogP contribution in [0, 0.1) is 0 Å². The lowest BCUT2D eigenvalue weighted by Crippen LogP contribution is -1.91. The highest BCUT2D eigenvalue weighted by Crippen LogP contribution is 2.49. The molecule has 4 saturated heterocycles. The van der Waals surface area contributed by atoms with Gasteiger partial charge in [0.2, 0.25) is 0 Å². The number of H-pyrrole nitrogens is 2. The zero-order valence-electron chi connectivity index (χ0n) is 37.0. The number of fused-ring (bicyclic) bond motifs is 8. The Kier molecular flexibility index (Phi) is 12.7. The van der Waals surface area contributed by atoms with E-state index in [1.54, 1.807) is 0 Å². The average molecular weight is 1030 g/mol. The van der Waals surface area contributed by atoms with Gasteiger partial charge < -0.3 is 9.97 Å². The summed E-state index contributed by atoms with van der Waals surface area (Å²) in [6, 6.07) is 46.1. The van der Waals surface area contributed by atoms with E-state index in [4.69, 9.17) is 9.97 Å². The first kappa shape index (κ1) is 44.2. The molecule has 338 valence electrons. The van der Waals surface area contributed by atoms with Crippen molar-refractivity contribution in [1.29, 1.82) is 0 Å². The molecule has 4 aromatic carbocycles. The number of nitrogens with one attached hydrogen (secondary N) is 2. The molecule has 2 N–H and O–H groups in total. The van der Waals surface area contributed by atoms with Crippen LogP contribution in [-0.4, -0.2) is 66.0 Å². The summed E-state index contributed by atoms with van der Waals surface area (Å²) in [5.74, 6) is 9.62. The van der Waals surface area contributed by atoms with Gasteiger partial charge in [0.25, 0.3) is 0 Å². The van der Waals surface area contributed by atoms with Crippen LogP contribution in [0.1, 0.15) is 63.4 Å². The molecule has 9 heterocycles. The molecule has 7 aromatic rings. The van der Waals surface area contributed by atoms with Gasteiger partial charge in [-0.15, -0.1) is 94.1 Å². The van der Waals surface area contributed by atoms with Gasteiger partial charge in [-0.05, 0) is 93.1 Å². The zero-order valence-corrected chi connectivity index (χ0v) is 43.5. The minimum atomic E-state index is 0.482. The quantitative estimate of drug-likeness (QED) is 0.154. The minimum Gasteiger partial charge on any atom is -0.354 e. The molecule has 0 unspecified atom stereocenters. The molecule has 0 radical (unpaired) electrons. The predicted octanol–water partition coefficient (Wildman–Crippen LogP) is 17.2. The number of hydrogen-bond acceptors (Lipinski definition) is 10. The number of thioether (sulfide) groups is 8. The van der Waals surface area contributed by atoms with Crippen LogP contribution in [0.4, 0.5) is 0 Å². The van der Waals surface area contributed by atoms with E-state index in [-0.39, 0.29) is 0 Å². The van der Waals surface area contributed by atoms with Crippen molar-refractivity contribution in [3.8, 4) is 44.5 Å². The number of benzene rings is 4. The van der Waals surface area contributed by atoms with Crippen LogP contribution >= 0.6 is 94.1 Å². The summed E-state index contributed by atoms with van der Waals surface area (Å²) in [6.07, 6.45) is 8.88. The molecule has 6 aliphatic rings. The summed E-state index contributed by atoms with van der Waals surface area (Å²) in [6.45, 7) is 0. The van der Waals surface area contributed by atoms with Crippen LogP contribution in [-0.2, 0) is 0 Å². The third-order valence-corrected chi connectivity index (χ3v) is 25.5. The molecule has 4 fully saturated rings. The standard InChI is InChI=1S/C56H46N4S8/c1-9-37(53-61-25-26-62-53)10-2-33(1)49-41-17-19-43(57-41)50(34-3-11-38(12-4-34)54-63-27-28-64-54)45-21-23-47(59-45)52(36-7-15-40(16-8-36)56-67-31-32-68-56)48-24-22-46(60-48)51(44-20-18-42(49)58-44)35-5-13-39(14-6-35)55-65-29-30-66-55/h1-24,53-57,60H,25-32H2. The molecule has 6 aliphatic heterocycles. The van der Waals surface area contributed by atoms with E-state index in [9.17, 15) is 0 Å². The van der Waals surface area contributed by atoms with E-state index >= 15 is 0 Å². The fourth-order valence-corrected chi connectivity index (χ4v) is 21.3. The maximum absolute atomic E-state index is 5.62. The highest BCUT2D eigenvalue weighted by atomic mass is 32.2. The largest absolute Gasteiger partial charge is 0.354 e. The molecule has 13 rings (SSSR count). The molecule has 0 aliphatic carbocycles. The predicted molar refractivity (Wildman–Crippen MR) is 311 cm³/mol. The minimum absolute atomic E-state index is 0.482. The second-order valence-electron chi connectivity index (χ2n) is 17.3. The van der Waals surface area contributed by atoms with Crippen LogP contribution < -0.4 is 0 Å². The summed E-state index contributed by atoms with van der Waals surface area (Å²) in [5.41, 5.74) is 22.3. The summed E-state index contributed by atoms with van der Waals surface area (Å²) >= 11 is 16.4. The van der Waals surface area contributed by atoms with Crippen molar-refractivity contribution in [2.75, 3.05) is 46.0 Å². The first-order valence-corrected chi connectivity index (χ1v) is 31.6. The average Bonchev–Trinajstić information content (AvgIpc) is 4.24. The Bertz CT molecular complexity index is 2810. The van der Waals surface area contributed by atoms with Crippen LogP contribution in [0.3, 0.4) is 0 Å². The fourth-order valence-electron chi connectivity index (χ4n) is 9.85. The lowest BCUT2D eigenvalue weighted by atomic mass is 10.0. The van der Waals surface area contributed by atoms with Gasteiger partial charge in [-0.3, -0.25) is 0 Å². The van der Waals surface area contributed by atoms with Gasteiger partial charge in [-0.1, -0.05) is 97.1 Å². The van der Waals surface area contributed by atoms with Crippen molar-refractivity contribution in [2.45, 2.75) is 18.3 Å². The maximum atomic E-state index is 5.62. The Morgan fingerprint density at radius 3 is 0.691 bits per heavy atom. The molecule has 12 heteroatoms. The summed E-state index contributed by atoms with van der Waals surface area (Å²) in [4.78, 5) is 19.2. The highest BCUT2D eigenvalue weighted by molar-refractivity contribution is 8.20. The van der Waals surface area contributed by atoms with E-state index in [1.165, 1.54) is 68.3 Å². The molecule has 0 saturated carbocycles. The topological polar surface area (TPSA) is 57.4 Å². The number of hydrogen-bond donors (Lipinski definition) is 2. The Labute approximate surface area is 431 Å². The smallest absolute Gasteiger partial charge is 0.0751 e. The molecule has 68 heavy (non-hydrogen) atoms. The van der Waals surface area contributed by atoms with Crippen molar-refractivity contribution in [2.24, 2.45) is 0 Å². The summed E-state index contributed by atoms with van der Waals surface area (Å²) in [7, 11) is 0. The summed E-state index contributed by atoms with van der Waals surface area (Å²) < 4.78 is 1.93. The maximum Gasteiger partial charge on any atom is 0.0751 e. The lowest BCUT2D eigenvalue weighted by molar-refractivity contribution is 1.30. The molecular formula is C56H46N4S8. The monoisotopic (exact) mass is 1030 g/mol. The Morgan fingerprint density at radius 2 is 0.485 bits per heavy atom. The van der Waals surface area contributed by atoms with Crippen LogP contribution in [0.15, 0.2) is 121 Å². The number of aromatic amines is 2. The fraction of sp³-hybridized carbons (Fsp3) is 0.214. The molecule has 0 spiro atoms. The highest BCUT2D eigenvalue weighted by Gasteiger charge is 2.24. The Morgan fingerprint density at radius 1 is 0.279 bits per heavy atom. The van der Waals surface area contributed by atoms with Crippen LogP contribution in [0.2, 0.25) is 0 Å². The lowest BCUT2D eigenvalue weighted by Gasteiger charge is -2.11. The van der Waals surface area contributed by atoms with Crippen LogP contribution in [0.25, 0.3) is 90.9 Å². The van der Waals surface area contributed by atoms with Gasteiger partial charge in [0, 0.05) is 90.3 Å². The third kappa shape index (κ3) is 8.67. The van der Waals surface area contributed by atoms with Gasteiger partial charge in [-0.25, -0.2) is 9.97 Å². The van der Waals surface area contributed by atoms with Crippen molar-refractivity contribution < 1.29 is 0 Å². The number of nitrogens with zero attached hydrogens (tertiary/aromatic N) is 2. The van der Waals surface area contributed by atoms with Crippen molar-refractivity contribution in [3.05, 3.63) is 166 Å². The van der Waals surface area contributed by atoms with Crippen molar-refractivity contribution >= 4 is 140 Å². The van der Waals surface area contributed by atoms with Gasteiger partial charge in [-0.2, -0.15) is 0 Å².